The van der Waals surface area contributed by atoms with Crippen molar-refractivity contribution in [1.29, 1.82) is 5.41 Å². The van der Waals surface area contributed by atoms with Crippen LogP contribution in [0.15, 0.2) is 48.2 Å². The second-order valence-corrected chi connectivity index (χ2v) is 16.1. The Morgan fingerprint density at radius 3 is 2.63 bits per heavy atom. The molecule has 0 radical (unpaired) electrons. The monoisotopic (exact) mass is 698 g/mol. The number of nitrogens with one attached hydrogen (secondary N) is 2. The Hall–Kier alpha value is -3.44. The first kappa shape index (κ1) is 40.0. The molecule has 4 bridgehead atoms. The maximum Gasteiger partial charge on any atom is 0.407 e. The summed E-state index contributed by atoms with van der Waals surface area (Å²) in [5.74, 6) is -0.118. The molecule has 10 nitrogen and oxygen atoms in total. The van der Waals surface area contributed by atoms with Gasteiger partial charge in [-0.25, -0.2) is 9.59 Å². The summed E-state index contributed by atoms with van der Waals surface area (Å²) in [7, 11) is 3.59. The Morgan fingerprint density at radius 2 is 2.00 bits per heavy atom. The number of carboxylic acid groups (broad SMARTS) is 1. The highest BCUT2D eigenvalue weighted by Crippen LogP contribution is 2.47. The van der Waals surface area contributed by atoms with E-state index in [2.05, 4.69) is 57.4 Å². The standard InChI is InChI=1S/C27H37N3O4.C11H21NO2S/c1-16-8-6-7-9-20-15-22(33-26(32)29-20)18(3)25-27(4,34-25)11-10-23(28)30(5)21-14-19(12-16)13-17(2)24(21)31;1-8(6-7-11(3,4)15)12(5)9(2)10(13)14/h6-8,13-14,18,20,22,25,28,31H,9-12,15H2,1-5H3,(H,29,32);9,15H,1,6-7H2,2-5H3,(H,13,14)/b7-6+,16-8+,28-23?;/t18-,20?,22?,25+,27+;9-/m10/s1. The van der Waals surface area contributed by atoms with E-state index in [4.69, 9.17) is 20.0 Å². The van der Waals surface area contributed by atoms with Gasteiger partial charge in [-0.1, -0.05) is 57.2 Å². The fourth-order valence-corrected chi connectivity index (χ4v) is 6.42. The van der Waals surface area contributed by atoms with E-state index in [0.29, 0.717) is 24.4 Å². The van der Waals surface area contributed by atoms with Gasteiger partial charge in [0, 0.05) is 49.3 Å². The van der Waals surface area contributed by atoms with Crippen LogP contribution in [0.1, 0.15) is 91.2 Å². The van der Waals surface area contributed by atoms with Crippen LogP contribution in [0.25, 0.3) is 0 Å². The highest BCUT2D eigenvalue weighted by Gasteiger charge is 2.57. The molecule has 272 valence electrons. The van der Waals surface area contributed by atoms with Gasteiger partial charge in [0.05, 0.1) is 17.4 Å². The number of anilines is 1. The number of rotatable bonds is 6. The van der Waals surface area contributed by atoms with Crippen molar-refractivity contribution in [2.24, 2.45) is 5.92 Å². The number of phenolic OH excluding ortho intramolecular Hbond substituents is 1. The largest absolute Gasteiger partial charge is 0.505 e. The summed E-state index contributed by atoms with van der Waals surface area (Å²) in [4.78, 5) is 26.4. The average molecular weight is 699 g/mol. The maximum absolute atomic E-state index is 12.2. The molecule has 2 unspecified atom stereocenters. The predicted octanol–water partition coefficient (Wildman–Crippen LogP) is 7.40. The number of hydrogen-bond donors (Lipinski definition) is 5. The Labute approximate surface area is 298 Å². The molecule has 4 rings (SSSR count). The average Bonchev–Trinajstić information content (AvgIpc) is 3.71. The van der Waals surface area contributed by atoms with Crippen molar-refractivity contribution in [2.45, 2.75) is 128 Å². The molecule has 6 atom stereocenters. The van der Waals surface area contributed by atoms with Crippen LogP contribution < -0.4 is 10.2 Å². The lowest BCUT2D eigenvalue weighted by Crippen LogP contribution is -2.48. The third-order valence-electron chi connectivity index (χ3n) is 9.95. The molecule has 3 aliphatic rings. The van der Waals surface area contributed by atoms with Crippen LogP contribution in [0.5, 0.6) is 5.75 Å². The van der Waals surface area contributed by atoms with E-state index in [9.17, 15) is 14.7 Å². The molecule has 1 aromatic rings. The number of carboxylic acids is 1. The zero-order valence-corrected chi connectivity index (χ0v) is 31.7. The van der Waals surface area contributed by atoms with Crippen molar-refractivity contribution in [1.82, 2.24) is 10.2 Å². The van der Waals surface area contributed by atoms with Crippen LogP contribution in [0.2, 0.25) is 0 Å². The summed E-state index contributed by atoms with van der Waals surface area (Å²) in [6.07, 6.45) is 10.8. The molecule has 0 spiro atoms. The number of benzene rings is 1. The molecule has 3 heterocycles. The molecule has 2 saturated heterocycles. The molecule has 4 N–H and O–H groups in total. The topological polar surface area (TPSA) is 139 Å². The molecule has 49 heavy (non-hydrogen) atoms. The van der Waals surface area contributed by atoms with Crippen LogP contribution in [0.4, 0.5) is 10.5 Å². The van der Waals surface area contributed by atoms with Gasteiger partial charge in [0.2, 0.25) is 0 Å². The molecule has 1 aromatic carbocycles. The summed E-state index contributed by atoms with van der Waals surface area (Å²) >= 11 is 4.41. The number of aromatic hydroxyl groups is 1. The predicted molar refractivity (Wildman–Crippen MR) is 200 cm³/mol. The number of epoxide rings is 1. The number of thiol groups is 1. The van der Waals surface area contributed by atoms with Crippen molar-refractivity contribution in [3.63, 3.8) is 0 Å². The van der Waals surface area contributed by atoms with E-state index in [1.54, 1.807) is 23.8 Å². The fraction of sp³-hybridized carbons (Fsp3) is 0.605. The number of alkyl carbamates (subject to hydrolysis) is 1. The third-order valence-corrected chi connectivity index (χ3v) is 10.2. The summed E-state index contributed by atoms with van der Waals surface area (Å²) in [6.45, 7) is 17.7. The number of amides is 1. The number of carbonyl (C=O) groups excluding carboxylic acids is 1. The SMILES string of the molecule is C/C1=C\C=C\CC2CC(OC(=O)N2)[C@@H](C)[C@@H]2O[C@@]2(C)CCC(=N)N(C)c2cc(cc(C)c2O)C1.C=C(CCC(C)(C)S)N(C)[C@@H](C)C(=O)O. The minimum atomic E-state index is -0.830. The van der Waals surface area contributed by atoms with Crippen molar-refractivity contribution < 1.29 is 29.3 Å². The van der Waals surface area contributed by atoms with Crippen molar-refractivity contribution >= 4 is 36.2 Å². The summed E-state index contributed by atoms with van der Waals surface area (Å²) in [6, 6.07) is 3.49. The number of phenols is 1. The zero-order valence-electron chi connectivity index (χ0n) is 30.8. The normalized spacial score (nSPS) is 28.3. The molecule has 1 amide bonds. The van der Waals surface area contributed by atoms with E-state index in [1.807, 2.05) is 46.0 Å². The van der Waals surface area contributed by atoms with E-state index in [1.165, 1.54) is 5.57 Å². The van der Waals surface area contributed by atoms with Crippen molar-refractivity contribution in [3.8, 4) is 5.75 Å². The Kier molecular flexibility index (Phi) is 13.5. The second kappa shape index (κ2) is 16.5. The summed E-state index contributed by atoms with van der Waals surface area (Å²) in [5, 5.41) is 31.2. The number of aliphatic carboxylic acids is 1. The highest BCUT2D eigenvalue weighted by molar-refractivity contribution is 7.81. The smallest absolute Gasteiger partial charge is 0.407 e. The number of allylic oxidation sites excluding steroid dienone is 4. The molecule has 11 heteroatoms. The summed E-state index contributed by atoms with van der Waals surface area (Å²) in [5.41, 5.74) is 4.23. The van der Waals surface area contributed by atoms with Gasteiger partial charge < -0.3 is 34.8 Å². The van der Waals surface area contributed by atoms with E-state index >= 15 is 0 Å². The lowest BCUT2D eigenvalue weighted by Gasteiger charge is -2.33. The van der Waals surface area contributed by atoms with Crippen LogP contribution in [-0.4, -0.2) is 81.7 Å². The first-order valence-electron chi connectivity index (χ1n) is 17.2. The number of hydrogen-bond acceptors (Lipinski definition) is 8. The number of ether oxygens (including phenoxy) is 2. The van der Waals surface area contributed by atoms with Gasteiger partial charge in [-0.15, -0.1) is 0 Å². The lowest BCUT2D eigenvalue weighted by atomic mass is 9.86. The fourth-order valence-electron chi connectivity index (χ4n) is 6.31. The number of fused-ring (bicyclic) bond motifs is 5. The van der Waals surface area contributed by atoms with Gasteiger partial charge in [-0.05, 0) is 77.0 Å². The summed E-state index contributed by atoms with van der Waals surface area (Å²) < 4.78 is 11.7. The Balaban J connectivity index is 0.000000367. The zero-order chi connectivity index (χ0) is 36.8. The quantitative estimate of drug-likeness (QED) is 0.153. The van der Waals surface area contributed by atoms with Crippen LogP contribution in [0.3, 0.4) is 0 Å². The van der Waals surface area contributed by atoms with Gasteiger partial charge >= 0.3 is 12.1 Å². The minimum absolute atomic E-state index is 0.00987. The van der Waals surface area contributed by atoms with Gasteiger partial charge in [0.15, 0.2) is 0 Å². The molecule has 3 aliphatic heterocycles. The highest BCUT2D eigenvalue weighted by atomic mass is 32.1. The molecular formula is C38H58N4O6S. The first-order valence-corrected chi connectivity index (χ1v) is 17.6. The Bertz CT molecular complexity index is 1450. The van der Waals surface area contributed by atoms with Crippen LogP contribution in [0, 0.1) is 18.3 Å². The second-order valence-electron chi connectivity index (χ2n) is 14.9. The van der Waals surface area contributed by atoms with Crippen LogP contribution in [-0.2, 0) is 20.7 Å². The van der Waals surface area contributed by atoms with E-state index in [0.717, 1.165) is 48.9 Å². The van der Waals surface area contributed by atoms with Gasteiger partial charge in [-0.2, -0.15) is 12.6 Å². The number of likely N-dealkylation sites (N-methyl/N-ethyl adjacent to an activating group) is 1. The number of aryl methyl sites for hydroxylation is 1. The molecule has 0 aromatic heterocycles. The molecule has 0 aliphatic carbocycles. The van der Waals surface area contributed by atoms with Gasteiger partial charge in [-0.3, -0.25) is 5.41 Å². The molecule has 2 fully saturated rings. The number of carbonyl (C=O) groups is 2. The van der Waals surface area contributed by atoms with Crippen LogP contribution >= 0.6 is 12.6 Å². The van der Waals surface area contributed by atoms with E-state index < -0.39 is 12.0 Å². The van der Waals surface area contributed by atoms with Crippen molar-refractivity contribution in [3.05, 3.63) is 59.3 Å². The lowest BCUT2D eigenvalue weighted by molar-refractivity contribution is -0.141. The van der Waals surface area contributed by atoms with Gasteiger partial charge in [0.25, 0.3) is 0 Å². The van der Waals surface area contributed by atoms with E-state index in [-0.39, 0.29) is 46.4 Å². The first-order chi connectivity index (χ1) is 22.7. The number of amidine groups is 1. The molecular weight excluding hydrogens is 641 g/mol. The molecule has 0 saturated carbocycles. The van der Waals surface area contributed by atoms with Crippen molar-refractivity contribution in [2.75, 3.05) is 19.0 Å². The van der Waals surface area contributed by atoms with Gasteiger partial charge in [0.1, 0.15) is 23.7 Å². The number of nitrogens with zero attached hydrogens (tertiary/aromatic N) is 2. The maximum atomic E-state index is 12.2. The Morgan fingerprint density at radius 1 is 1.33 bits per heavy atom. The minimum Gasteiger partial charge on any atom is -0.505 e. The third kappa shape index (κ3) is 11.3.